The van der Waals surface area contributed by atoms with Crippen molar-refractivity contribution in [3.63, 3.8) is 0 Å². The summed E-state index contributed by atoms with van der Waals surface area (Å²) in [4.78, 5) is 38.1. The molecule has 1 heterocycles. The highest BCUT2D eigenvalue weighted by atomic mass is 16.6. The number of ketones is 1. The molecule has 7 heteroatoms. The van der Waals surface area contributed by atoms with Crippen LogP contribution in [0.4, 0.5) is 4.79 Å². The van der Waals surface area contributed by atoms with Gasteiger partial charge in [0.15, 0.2) is 12.5 Å². The maximum absolute atomic E-state index is 12.6. The van der Waals surface area contributed by atoms with E-state index in [4.69, 9.17) is 14.2 Å². The SMILES string of the molecule is CC(C)(C)OC(=O)N1COC(=O)[C@@H]1CCC(=O)c1ccc(OCc2ccccc2)cc1. The first-order chi connectivity index (χ1) is 14.7. The zero-order chi connectivity index (χ0) is 22.4. The second kappa shape index (κ2) is 9.64. The summed E-state index contributed by atoms with van der Waals surface area (Å²) in [6.07, 6.45) is -0.359. The lowest BCUT2D eigenvalue weighted by molar-refractivity contribution is -0.139. The molecule has 164 valence electrons. The molecule has 2 aromatic carbocycles. The Bertz CT molecular complexity index is 917. The van der Waals surface area contributed by atoms with Gasteiger partial charge in [-0.2, -0.15) is 0 Å². The van der Waals surface area contributed by atoms with Crippen LogP contribution >= 0.6 is 0 Å². The van der Waals surface area contributed by atoms with Gasteiger partial charge in [-0.25, -0.2) is 9.59 Å². The largest absolute Gasteiger partial charge is 0.489 e. The summed E-state index contributed by atoms with van der Waals surface area (Å²) in [6, 6.07) is 15.9. The minimum atomic E-state index is -0.827. The van der Waals surface area contributed by atoms with E-state index in [1.54, 1.807) is 45.0 Å². The molecule has 0 radical (unpaired) electrons. The van der Waals surface area contributed by atoms with E-state index in [-0.39, 0.29) is 25.4 Å². The summed E-state index contributed by atoms with van der Waals surface area (Å²) in [5, 5.41) is 0. The van der Waals surface area contributed by atoms with E-state index in [1.165, 1.54) is 4.90 Å². The zero-order valence-corrected chi connectivity index (χ0v) is 18.0. The Morgan fingerprint density at radius 3 is 2.39 bits per heavy atom. The third-order valence-electron chi connectivity index (χ3n) is 4.69. The summed E-state index contributed by atoms with van der Waals surface area (Å²) in [5.41, 5.74) is 0.885. The molecule has 1 saturated heterocycles. The van der Waals surface area contributed by atoms with E-state index in [0.29, 0.717) is 17.9 Å². The zero-order valence-electron chi connectivity index (χ0n) is 18.0. The van der Waals surface area contributed by atoms with Gasteiger partial charge in [0.05, 0.1) is 0 Å². The van der Waals surface area contributed by atoms with Crippen LogP contribution in [0.3, 0.4) is 0 Å². The summed E-state index contributed by atoms with van der Waals surface area (Å²) >= 11 is 0. The Labute approximate surface area is 181 Å². The number of esters is 1. The van der Waals surface area contributed by atoms with Crippen LogP contribution in [0.1, 0.15) is 49.5 Å². The minimum Gasteiger partial charge on any atom is -0.489 e. The number of carbonyl (C=O) groups is 3. The lowest BCUT2D eigenvalue weighted by Gasteiger charge is -2.25. The summed E-state index contributed by atoms with van der Waals surface area (Å²) < 4.78 is 16.0. The molecule has 1 amide bonds. The van der Waals surface area contributed by atoms with Gasteiger partial charge in [-0.1, -0.05) is 30.3 Å². The Morgan fingerprint density at radius 2 is 1.74 bits per heavy atom. The summed E-state index contributed by atoms with van der Waals surface area (Å²) in [7, 11) is 0. The molecule has 0 unspecified atom stereocenters. The smallest absolute Gasteiger partial charge is 0.413 e. The minimum absolute atomic E-state index is 0.100. The highest BCUT2D eigenvalue weighted by Crippen LogP contribution is 2.22. The number of carbonyl (C=O) groups excluding carboxylic acids is 3. The van der Waals surface area contributed by atoms with Gasteiger partial charge in [0.25, 0.3) is 0 Å². The molecule has 7 nitrogen and oxygen atoms in total. The standard InChI is InChI=1S/C24H27NO6/c1-24(2,3)31-23(28)25-16-30-22(27)20(25)13-14-21(26)18-9-11-19(12-10-18)29-15-17-7-5-4-6-8-17/h4-12,20H,13-16H2,1-3H3/t20-/m0/s1. The number of amides is 1. The number of rotatable bonds is 7. The highest BCUT2D eigenvalue weighted by Gasteiger charge is 2.39. The first-order valence-electron chi connectivity index (χ1n) is 10.2. The van der Waals surface area contributed by atoms with Crippen LogP contribution in [0, 0.1) is 0 Å². The van der Waals surface area contributed by atoms with E-state index in [2.05, 4.69) is 0 Å². The number of cyclic esters (lactones) is 1. The second-order valence-electron chi connectivity index (χ2n) is 8.32. The van der Waals surface area contributed by atoms with Gasteiger partial charge in [-0.3, -0.25) is 9.69 Å². The molecule has 0 N–H and O–H groups in total. The monoisotopic (exact) mass is 425 g/mol. The quantitative estimate of drug-likeness (QED) is 0.485. The normalized spacial score (nSPS) is 16.0. The molecule has 1 fully saturated rings. The maximum atomic E-state index is 12.6. The van der Waals surface area contributed by atoms with Crippen molar-refractivity contribution in [1.29, 1.82) is 0 Å². The van der Waals surface area contributed by atoms with Gasteiger partial charge in [0.2, 0.25) is 0 Å². The van der Waals surface area contributed by atoms with E-state index >= 15 is 0 Å². The topological polar surface area (TPSA) is 82.1 Å². The molecule has 2 aromatic rings. The molecule has 1 aliphatic rings. The lowest BCUT2D eigenvalue weighted by Crippen LogP contribution is -2.41. The van der Waals surface area contributed by atoms with Crippen LogP contribution in [-0.2, 0) is 20.9 Å². The van der Waals surface area contributed by atoms with Crippen LogP contribution in [0.2, 0.25) is 0 Å². The summed E-state index contributed by atoms with van der Waals surface area (Å²) in [5.74, 6) is 0.0117. The molecule has 1 aliphatic heterocycles. The average Bonchev–Trinajstić information content (AvgIpc) is 3.11. The van der Waals surface area contributed by atoms with Gasteiger partial charge in [0, 0.05) is 12.0 Å². The van der Waals surface area contributed by atoms with E-state index in [1.807, 2.05) is 30.3 Å². The first-order valence-corrected chi connectivity index (χ1v) is 10.2. The lowest BCUT2D eigenvalue weighted by atomic mass is 10.0. The molecule has 31 heavy (non-hydrogen) atoms. The van der Waals surface area contributed by atoms with Crippen molar-refractivity contribution in [2.45, 2.75) is 51.9 Å². The van der Waals surface area contributed by atoms with Gasteiger partial charge in [0.1, 0.15) is 24.0 Å². The molecular formula is C24H27NO6. The molecule has 3 rings (SSSR count). The van der Waals surface area contributed by atoms with Crippen molar-refractivity contribution in [2.24, 2.45) is 0 Å². The third-order valence-corrected chi connectivity index (χ3v) is 4.69. The van der Waals surface area contributed by atoms with Crippen LogP contribution < -0.4 is 4.74 Å². The fourth-order valence-electron chi connectivity index (χ4n) is 3.11. The highest BCUT2D eigenvalue weighted by molar-refractivity contribution is 5.96. The number of hydrogen-bond donors (Lipinski definition) is 0. The first kappa shape index (κ1) is 22.3. The number of Topliss-reactive ketones (excluding diaryl/α,β-unsaturated/α-hetero) is 1. The summed E-state index contributed by atoms with van der Waals surface area (Å²) in [6.45, 7) is 5.51. The van der Waals surface area contributed by atoms with Crippen molar-refractivity contribution < 1.29 is 28.6 Å². The van der Waals surface area contributed by atoms with Crippen LogP contribution in [-0.4, -0.2) is 41.1 Å². The van der Waals surface area contributed by atoms with E-state index in [0.717, 1.165) is 5.56 Å². The second-order valence-corrected chi connectivity index (χ2v) is 8.32. The number of nitrogens with zero attached hydrogens (tertiary/aromatic N) is 1. The molecule has 1 atom stereocenters. The Morgan fingerprint density at radius 1 is 1.06 bits per heavy atom. The predicted octanol–water partition coefficient (Wildman–Crippen LogP) is 4.35. The predicted molar refractivity (Wildman–Crippen MR) is 114 cm³/mol. The third kappa shape index (κ3) is 6.31. The fourth-order valence-corrected chi connectivity index (χ4v) is 3.11. The van der Waals surface area contributed by atoms with Crippen molar-refractivity contribution >= 4 is 17.8 Å². The Hall–Kier alpha value is -3.35. The van der Waals surface area contributed by atoms with Crippen LogP contribution in [0.15, 0.2) is 54.6 Å². The van der Waals surface area contributed by atoms with Crippen molar-refractivity contribution in [3.05, 3.63) is 65.7 Å². The molecule has 0 aliphatic carbocycles. The number of benzene rings is 2. The van der Waals surface area contributed by atoms with Crippen molar-refractivity contribution in [2.75, 3.05) is 6.73 Å². The fraction of sp³-hybridized carbons (Fsp3) is 0.375. The van der Waals surface area contributed by atoms with E-state index < -0.39 is 23.7 Å². The molecular weight excluding hydrogens is 398 g/mol. The molecule has 0 aromatic heterocycles. The van der Waals surface area contributed by atoms with Crippen LogP contribution in [0.25, 0.3) is 0 Å². The van der Waals surface area contributed by atoms with Gasteiger partial charge >= 0.3 is 12.1 Å². The van der Waals surface area contributed by atoms with Gasteiger partial charge in [-0.05, 0) is 57.0 Å². The van der Waals surface area contributed by atoms with Gasteiger partial charge < -0.3 is 14.2 Å². The Balaban J connectivity index is 1.53. The molecule has 0 bridgehead atoms. The maximum Gasteiger partial charge on any atom is 0.413 e. The van der Waals surface area contributed by atoms with Crippen LogP contribution in [0.5, 0.6) is 5.75 Å². The van der Waals surface area contributed by atoms with Crippen molar-refractivity contribution in [1.82, 2.24) is 4.90 Å². The van der Waals surface area contributed by atoms with Gasteiger partial charge in [-0.15, -0.1) is 0 Å². The van der Waals surface area contributed by atoms with Crippen molar-refractivity contribution in [3.8, 4) is 5.75 Å². The average molecular weight is 425 g/mol. The molecule has 0 saturated carbocycles. The number of hydrogen-bond acceptors (Lipinski definition) is 6. The van der Waals surface area contributed by atoms with E-state index in [9.17, 15) is 14.4 Å². The Kier molecular flexibility index (Phi) is 6.95. The molecule has 0 spiro atoms. The number of ether oxygens (including phenoxy) is 3.